The van der Waals surface area contributed by atoms with Crippen LogP contribution >= 0.6 is 0 Å². The van der Waals surface area contributed by atoms with Gasteiger partial charge in [0.15, 0.2) is 0 Å². The molecule has 0 aliphatic carbocycles. The highest BCUT2D eigenvalue weighted by Crippen LogP contribution is 2.18. The minimum absolute atomic E-state index is 0.0883. The van der Waals surface area contributed by atoms with Crippen molar-refractivity contribution in [3.8, 4) is 5.75 Å². The first-order valence-electron chi connectivity index (χ1n) is 13.5. The molecule has 7 nitrogen and oxygen atoms in total. The van der Waals surface area contributed by atoms with Crippen LogP contribution in [0.4, 0.5) is 0 Å². The number of carbonyl (C=O) groups excluding carboxylic acids is 1. The molecule has 5 rings (SSSR count). The first-order valence-corrected chi connectivity index (χ1v) is 15.0. The molecule has 8 heteroatoms. The van der Waals surface area contributed by atoms with Crippen molar-refractivity contribution < 1.29 is 17.9 Å². The van der Waals surface area contributed by atoms with Crippen LogP contribution in [0.2, 0.25) is 0 Å². The lowest BCUT2D eigenvalue weighted by Gasteiger charge is -2.17. The van der Waals surface area contributed by atoms with Gasteiger partial charge in [0.25, 0.3) is 5.91 Å². The van der Waals surface area contributed by atoms with Crippen molar-refractivity contribution in [1.29, 1.82) is 0 Å². The van der Waals surface area contributed by atoms with Gasteiger partial charge in [0.05, 0.1) is 11.1 Å². The molecule has 42 heavy (non-hydrogen) atoms. The third-order valence-corrected chi connectivity index (χ3v) is 8.20. The highest BCUT2D eigenvalue weighted by atomic mass is 32.2. The largest absolute Gasteiger partial charge is 0.489 e. The lowest BCUT2D eigenvalue weighted by Crippen LogP contribution is -2.46. The Labute approximate surface area is 245 Å². The first-order chi connectivity index (χ1) is 20.4. The van der Waals surface area contributed by atoms with Crippen LogP contribution in [-0.4, -0.2) is 26.6 Å². The predicted octanol–water partition coefficient (Wildman–Crippen LogP) is 5.77. The third kappa shape index (κ3) is 7.69. The van der Waals surface area contributed by atoms with Gasteiger partial charge in [-0.3, -0.25) is 4.79 Å². The van der Waals surface area contributed by atoms with Gasteiger partial charge in [-0.25, -0.2) is 13.8 Å². The Morgan fingerprint density at radius 1 is 0.810 bits per heavy atom. The normalized spacial score (nSPS) is 12.3. The van der Waals surface area contributed by atoms with E-state index in [1.165, 1.54) is 29.1 Å². The number of nitrogens with one attached hydrogen (secondary N) is 2. The molecule has 1 unspecified atom stereocenters. The van der Waals surface area contributed by atoms with Crippen LogP contribution < -0.4 is 14.9 Å². The van der Waals surface area contributed by atoms with Gasteiger partial charge in [0.2, 0.25) is 10.0 Å². The lowest BCUT2D eigenvalue weighted by atomic mass is 10.1. The summed E-state index contributed by atoms with van der Waals surface area (Å²) in [6, 6.07) is 36.4. The van der Waals surface area contributed by atoms with Crippen LogP contribution in [0.5, 0.6) is 5.75 Å². The molecule has 0 heterocycles. The van der Waals surface area contributed by atoms with Crippen LogP contribution in [0, 0.1) is 6.92 Å². The number of ether oxygens (including phenoxy) is 1. The van der Waals surface area contributed by atoms with Gasteiger partial charge in [-0.1, -0.05) is 84.4 Å². The van der Waals surface area contributed by atoms with Crippen molar-refractivity contribution in [2.45, 2.75) is 30.9 Å². The van der Waals surface area contributed by atoms with Gasteiger partial charge in [0.1, 0.15) is 18.4 Å². The van der Waals surface area contributed by atoms with Gasteiger partial charge in [-0.05, 0) is 83.3 Å². The molecule has 1 amide bonds. The van der Waals surface area contributed by atoms with Crippen LogP contribution in [-0.2, 0) is 27.8 Å². The van der Waals surface area contributed by atoms with Gasteiger partial charge >= 0.3 is 0 Å². The maximum atomic E-state index is 13.1. The predicted molar refractivity (Wildman–Crippen MR) is 166 cm³/mol. The van der Waals surface area contributed by atoms with E-state index in [1.807, 2.05) is 73.7 Å². The number of aryl methyl sites for hydroxylation is 1. The number of carbonyl (C=O) groups is 1. The van der Waals surface area contributed by atoms with Gasteiger partial charge < -0.3 is 4.74 Å². The molecule has 5 aromatic rings. The second-order valence-electron chi connectivity index (χ2n) is 9.95. The Bertz CT molecular complexity index is 1790. The van der Waals surface area contributed by atoms with E-state index in [-0.39, 0.29) is 11.3 Å². The summed E-state index contributed by atoms with van der Waals surface area (Å²) in [6.45, 7) is 2.32. The molecule has 1 atom stereocenters. The Hall–Kier alpha value is -4.79. The molecule has 0 radical (unpaired) electrons. The summed E-state index contributed by atoms with van der Waals surface area (Å²) in [5.41, 5.74) is 6.05. The average molecular weight is 578 g/mol. The number of hydrazone groups is 1. The Balaban J connectivity index is 1.20. The minimum Gasteiger partial charge on any atom is -0.489 e. The van der Waals surface area contributed by atoms with Crippen LogP contribution in [0.1, 0.15) is 22.3 Å². The molecule has 0 aliphatic heterocycles. The van der Waals surface area contributed by atoms with E-state index in [9.17, 15) is 13.2 Å². The number of rotatable bonds is 11. The standard InChI is InChI=1S/C34H31N3O4S/c1-25-11-19-32(20-12-25)42(39,40)37-33(22-26-7-3-2-4-8-26)34(38)36-35-23-27-14-17-31(18-15-27)41-24-28-13-16-29-9-5-6-10-30(29)21-28/h2-21,23,33,37H,22,24H2,1H3,(H,36,38)/b35-23+. The molecule has 0 bridgehead atoms. The average Bonchev–Trinajstić information content (AvgIpc) is 3.01. The summed E-state index contributed by atoms with van der Waals surface area (Å²) < 4.78 is 34.5. The molecule has 0 aromatic heterocycles. The van der Waals surface area contributed by atoms with Gasteiger partial charge in [-0.15, -0.1) is 0 Å². The summed E-state index contributed by atoms with van der Waals surface area (Å²) in [5.74, 6) is 0.138. The molecule has 0 aliphatic rings. The number of amides is 1. The van der Waals surface area contributed by atoms with Crippen molar-refractivity contribution in [3.63, 3.8) is 0 Å². The fourth-order valence-electron chi connectivity index (χ4n) is 4.40. The van der Waals surface area contributed by atoms with E-state index in [1.54, 1.807) is 12.1 Å². The van der Waals surface area contributed by atoms with E-state index >= 15 is 0 Å². The fourth-order valence-corrected chi connectivity index (χ4v) is 5.60. The van der Waals surface area contributed by atoms with Crippen LogP contribution in [0.3, 0.4) is 0 Å². The number of sulfonamides is 1. The molecular formula is C34H31N3O4S. The van der Waals surface area contributed by atoms with E-state index in [2.05, 4.69) is 45.6 Å². The summed E-state index contributed by atoms with van der Waals surface area (Å²) in [5, 5.41) is 6.43. The van der Waals surface area contributed by atoms with E-state index in [4.69, 9.17) is 4.74 Å². The molecule has 212 valence electrons. The molecule has 0 spiro atoms. The second-order valence-corrected chi connectivity index (χ2v) is 11.7. The van der Waals surface area contributed by atoms with Gasteiger partial charge in [0, 0.05) is 0 Å². The molecule has 0 fully saturated rings. The topological polar surface area (TPSA) is 96.9 Å². The summed E-state index contributed by atoms with van der Waals surface area (Å²) in [6.07, 6.45) is 1.66. The zero-order valence-electron chi connectivity index (χ0n) is 23.1. The zero-order valence-corrected chi connectivity index (χ0v) is 23.9. The summed E-state index contributed by atoms with van der Waals surface area (Å²) >= 11 is 0. The Morgan fingerprint density at radius 2 is 1.50 bits per heavy atom. The van der Waals surface area contributed by atoms with Crippen molar-refractivity contribution in [1.82, 2.24) is 10.1 Å². The molecule has 0 saturated heterocycles. The lowest BCUT2D eigenvalue weighted by molar-refractivity contribution is -0.122. The molecule has 5 aromatic carbocycles. The molecule has 0 saturated carbocycles. The monoisotopic (exact) mass is 577 g/mol. The van der Waals surface area contributed by atoms with E-state index < -0.39 is 22.0 Å². The number of hydrogen-bond acceptors (Lipinski definition) is 5. The van der Waals surface area contributed by atoms with Crippen molar-refractivity contribution in [2.75, 3.05) is 0 Å². The van der Waals surface area contributed by atoms with Crippen molar-refractivity contribution in [2.24, 2.45) is 5.10 Å². The van der Waals surface area contributed by atoms with E-state index in [0.717, 1.165) is 22.3 Å². The highest BCUT2D eigenvalue weighted by molar-refractivity contribution is 7.89. The van der Waals surface area contributed by atoms with Crippen LogP contribution in [0.15, 0.2) is 131 Å². The summed E-state index contributed by atoms with van der Waals surface area (Å²) in [4.78, 5) is 13.2. The molecule has 2 N–H and O–H groups in total. The van der Waals surface area contributed by atoms with E-state index in [0.29, 0.717) is 12.4 Å². The smallest absolute Gasteiger partial charge is 0.258 e. The summed E-state index contributed by atoms with van der Waals surface area (Å²) in [7, 11) is -3.94. The Kier molecular flexibility index (Phi) is 9.06. The zero-order chi connectivity index (χ0) is 29.4. The minimum atomic E-state index is -3.94. The van der Waals surface area contributed by atoms with Crippen molar-refractivity contribution >= 4 is 32.9 Å². The SMILES string of the molecule is Cc1ccc(S(=O)(=O)NC(Cc2ccccc2)C(=O)N/N=C/c2ccc(OCc3ccc4ccccc4c3)cc2)cc1. The fraction of sp³-hybridized carbons (Fsp3) is 0.118. The number of nitrogens with zero attached hydrogens (tertiary/aromatic N) is 1. The molecular weight excluding hydrogens is 546 g/mol. The second kappa shape index (κ2) is 13.2. The maximum absolute atomic E-state index is 13.1. The maximum Gasteiger partial charge on any atom is 0.258 e. The third-order valence-electron chi connectivity index (χ3n) is 6.72. The number of fused-ring (bicyclic) bond motifs is 1. The quantitative estimate of drug-likeness (QED) is 0.154. The Morgan fingerprint density at radius 3 is 2.24 bits per heavy atom. The number of hydrogen-bond donors (Lipinski definition) is 2. The van der Waals surface area contributed by atoms with Crippen LogP contribution in [0.25, 0.3) is 10.8 Å². The van der Waals surface area contributed by atoms with Gasteiger partial charge in [-0.2, -0.15) is 9.82 Å². The first kappa shape index (κ1) is 28.7. The highest BCUT2D eigenvalue weighted by Gasteiger charge is 2.26. The van der Waals surface area contributed by atoms with Crippen molar-refractivity contribution in [3.05, 3.63) is 144 Å². The number of benzene rings is 5.